The number of hydrogen-bond acceptors (Lipinski definition) is 9. The highest BCUT2D eigenvalue weighted by Crippen LogP contribution is 2.15. The zero-order valence-electron chi connectivity index (χ0n) is 16.6. The van der Waals surface area contributed by atoms with E-state index in [0.29, 0.717) is 19.3 Å². The van der Waals surface area contributed by atoms with Gasteiger partial charge in [-0.3, -0.25) is 0 Å². The Labute approximate surface area is 177 Å². The molecule has 0 aliphatic heterocycles. The second-order valence-electron chi connectivity index (χ2n) is 6.49. The molecule has 0 aliphatic carbocycles. The predicted octanol–water partition coefficient (Wildman–Crippen LogP) is 2.42. The van der Waals surface area contributed by atoms with Crippen molar-refractivity contribution in [2.75, 3.05) is 19.8 Å². The van der Waals surface area contributed by atoms with E-state index < -0.39 is 18.3 Å². The van der Waals surface area contributed by atoms with Crippen molar-refractivity contribution in [3.05, 3.63) is 56.2 Å². The van der Waals surface area contributed by atoms with Gasteiger partial charge in [0, 0.05) is 37.2 Å². The number of ether oxygens (including phenoxy) is 3. The van der Waals surface area contributed by atoms with Crippen LogP contribution in [0.4, 0.5) is 14.4 Å². The van der Waals surface area contributed by atoms with Gasteiger partial charge >= 0.3 is 18.3 Å². The van der Waals surface area contributed by atoms with E-state index in [1.807, 2.05) is 0 Å². The van der Waals surface area contributed by atoms with E-state index in [4.69, 9.17) is 14.2 Å². The maximum Gasteiger partial charge on any atom is 0.419 e. The van der Waals surface area contributed by atoms with E-state index in [1.54, 1.807) is 0 Å². The zero-order chi connectivity index (χ0) is 21.9. The summed E-state index contributed by atoms with van der Waals surface area (Å²) in [7, 11) is 0. The number of aromatic nitrogens is 6. The number of nitrogens with zero attached hydrogens (tertiary/aromatic N) is 6. The zero-order valence-corrected chi connectivity index (χ0v) is 16.6. The molecule has 3 aromatic rings. The third kappa shape index (κ3) is 6.80. The Morgan fingerprint density at radius 1 is 0.613 bits per heavy atom. The molecule has 3 aromatic heterocycles. The normalized spacial score (nSPS) is 10.7. The molecule has 3 rings (SSSR count). The van der Waals surface area contributed by atoms with Gasteiger partial charge in [0.1, 0.15) is 19.0 Å². The first kappa shape index (κ1) is 21.7. The minimum atomic E-state index is -0.533. The molecule has 0 saturated carbocycles. The Morgan fingerprint density at radius 3 is 1.19 bits per heavy atom. The Kier molecular flexibility index (Phi) is 7.91. The topological polar surface area (TPSA) is 132 Å². The maximum atomic E-state index is 11.9. The second-order valence-corrected chi connectivity index (χ2v) is 6.49. The van der Waals surface area contributed by atoms with Gasteiger partial charge in [0.15, 0.2) is 0 Å². The molecule has 0 spiro atoms. The van der Waals surface area contributed by atoms with Crippen molar-refractivity contribution in [1.29, 1.82) is 0 Å². The maximum absolute atomic E-state index is 11.9. The smallest absolute Gasteiger partial charge is 0.419 e. The van der Waals surface area contributed by atoms with Crippen molar-refractivity contribution in [1.82, 2.24) is 28.7 Å². The molecular formula is C19H22N6O6. The summed E-state index contributed by atoms with van der Waals surface area (Å²) >= 11 is 0. The van der Waals surface area contributed by atoms with E-state index in [9.17, 15) is 14.4 Å². The van der Waals surface area contributed by atoms with Crippen molar-refractivity contribution in [3.8, 4) is 0 Å². The summed E-state index contributed by atoms with van der Waals surface area (Å²) in [5, 5.41) is 0. The van der Waals surface area contributed by atoms with Gasteiger partial charge < -0.3 is 14.2 Å². The van der Waals surface area contributed by atoms with E-state index in [1.165, 1.54) is 69.9 Å². The number of imidazole rings is 3. The third-order valence-corrected chi connectivity index (χ3v) is 4.40. The van der Waals surface area contributed by atoms with Crippen LogP contribution in [0.3, 0.4) is 0 Å². The van der Waals surface area contributed by atoms with Crippen LogP contribution in [0.25, 0.3) is 0 Å². The second kappa shape index (κ2) is 11.3. The van der Waals surface area contributed by atoms with Gasteiger partial charge in [-0.15, -0.1) is 0 Å². The first-order valence-electron chi connectivity index (χ1n) is 9.58. The summed E-state index contributed by atoms with van der Waals surface area (Å²) in [5.74, 6) is -0.0123. The van der Waals surface area contributed by atoms with Crippen LogP contribution in [0, 0.1) is 5.92 Å². The monoisotopic (exact) mass is 430 g/mol. The first-order valence-corrected chi connectivity index (χ1v) is 9.58. The van der Waals surface area contributed by atoms with Gasteiger partial charge in [-0.25, -0.2) is 43.0 Å². The molecule has 0 N–H and O–H groups in total. The Balaban J connectivity index is 1.44. The Hall–Kier alpha value is -3.96. The highest BCUT2D eigenvalue weighted by Gasteiger charge is 2.15. The first-order chi connectivity index (χ1) is 15.1. The van der Waals surface area contributed by atoms with Crippen LogP contribution < -0.4 is 0 Å². The molecule has 3 heterocycles. The quantitative estimate of drug-likeness (QED) is 0.469. The van der Waals surface area contributed by atoms with Gasteiger partial charge in [-0.1, -0.05) is 0 Å². The van der Waals surface area contributed by atoms with Crippen molar-refractivity contribution in [3.63, 3.8) is 0 Å². The van der Waals surface area contributed by atoms with Crippen molar-refractivity contribution in [2.45, 2.75) is 19.3 Å². The summed E-state index contributed by atoms with van der Waals surface area (Å²) < 4.78 is 19.4. The van der Waals surface area contributed by atoms with Gasteiger partial charge in [0.2, 0.25) is 0 Å². The summed E-state index contributed by atoms with van der Waals surface area (Å²) in [6, 6.07) is 0. The Bertz CT molecular complexity index is 815. The summed E-state index contributed by atoms with van der Waals surface area (Å²) in [5.41, 5.74) is 0. The number of carbonyl (C=O) groups excluding carboxylic acids is 3. The molecule has 0 bridgehead atoms. The average molecular weight is 430 g/mol. The largest absolute Gasteiger partial charge is 0.449 e. The molecule has 0 fully saturated rings. The van der Waals surface area contributed by atoms with Crippen molar-refractivity contribution >= 4 is 18.3 Å². The molecule has 12 nitrogen and oxygen atoms in total. The molecule has 12 heteroatoms. The molecule has 31 heavy (non-hydrogen) atoms. The van der Waals surface area contributed by atoms with Crippen molar-refractivity contribution in [2.24, 2.45) is 5.92 Å². The number of carbonyl (C=O) groups is 3. The van der Waals surface area contributed by atoms with E-state index in [-0.39, 0.29) is 25.7 Å². The van der Waals surface area contributed by atoms with Crippen LogP contribution in [-0.4, -0.2) is 66.8 Å². The molecule has 0 aliphatic rings. The SMILES string of the molecule is O=C(OCCC(CCOC(=O)n1ccnc1)CCOC(=O)n1ccnc1)n1ccnc1. The van der Waals surface area contributed by atoms with Crippen LogP contribution in [0.2, 0.25) is 0 Å². The lowest BCUT2D eigenvalue weighted by atomic mass is 9.99. The van der Waals surface area contributed by atoms with Crippen LogP contribution in [0.15, 0.2) is 56.2 Å². The van der Waals surface area contributed by atoms with Crippen LogP contribution >= 0.6 is 0 Å². The van der Waals surface area contributed by atoms with E-state index in [2.05, 4.69) is 15.0 Å². The lowest BCUT2D eigenvalue weighted by molar-refractivity contribution is 0.112. The average Bonchev–Trinajstić information content (AvgIpc) is 3.55. The number of hydrogen-bond donors (Lipinski definition) is 0. The fourth-order valence-corrected chi connectivity index (χ4v) is 2.70. The predicted molar refractivity (Wildman–Crippen MR) is 104 cm³/mol. The molecule has 0 atom stereocenters. The molecule has 164 valence electrons. The van der Waals surface area contributed by atoms with Crippen LogP contribution in [0.5, 0.6) is 0 Å². The van der Waals surface area contributed by atoms with Gasteiger partial charge in [-0.2, -0.15) is 0 Å². The lowest BCUT2D eigenvalue weighted by Gasteiger charge is -2.17. The minimum absolute atomic E-state index is 0.0123. The standard InChI is InChI=1S/C19H22N6O6/c26-17(23-7-4-20-13-23)29-10-1-16(2-11-30-18(27)24-8-5-21-14-24)3-12-31-19(28)25-9-6-22-15-25/h4-9,13-16H,1-3,10-12H2. The summed E-state index contributed by atoms with van der Waals surface area (Å²) in [6.45, 7) is 0.478. The molecule has 0 unspecified atom stereocenters. The van der Waals surface area contributed by atoms with E-state index >= 15 is 0 Å². The summed E-state index contributed by atoms with van der Waals surface area (Å²) in [6.07, 6.45) is 12.9. The van der Waals surface area contributed by atoms with Crippen LogP contribution in [-0.2, 0) is 14.2 Å². The fraction of sp³-hybridized carbons (Fsp3) is 0.368. The van der Waals surface area contributed by atoms with Gasteiger partial charge in [0.05, 0.1) is 19.8 Å². The van der Waals surface area contributed by atoms with Crippen molar-refractivity contribution < 1.29 is 28.6 Å². The number of rotatable bonds is 9. The molecule has 0 saturated heterocycles. The highest BCUT2D eigenvalue weighted by atomic mass is 16.6. The summed E-state index contributed by atoms with van der Waals surface area (Å²) in [4.78, 5) is 47.1. The van der Waals surface area contributed by atoms with Crippen LogP contribution in [0.1, 0.15) is 19.3 Å². The molecule has 0 amide bonds. The Morgan fingerprint density at radius 2 is 0.935 bits per heavy atom. The lowest BCUT2D eigenvalue weighted by Crippen LogP contribution is -2.19. The van der Waals surface area contributed by atoms with Gasteiger partial charge in [0.25, 0.3) is 0 Å². The van der Waals surface area contributed by atoms with Gasteiger partial charge in [-0.05, 0) is 25.2 Å². The molecule has 0 aromatic carbocycles. The third-order valence-electron chi connectivity index (χ3n) is 4.40. The minimum Gasteiger partial charge on any atom is -0.449 e. The fourth-order valence-electron chi connectivity index (χ4n) is 2.70. The molecular weight excluding hydrogens is 408 g/mol. The molecule has 0 radical (unpaired) electrons. The highest BCUT2D eigenvalue weighted by molar-refractivity contribution is 5.70. The van der Waals surface area contributed by atoms with E-state index in [0.717, 1.165) is 0 Å².